The Balaban J connectivity index is 1.93. The van der Waals surface area contributed by atoms with E-state index in [0.717, 1.165) is 14.5 Å². The van der Waals surface area contributed by atoms with Crippen molar-refractivity contribution >= 4 is 38.9 Å². The van der Waals surface area contributed by atoms with Crippen LogP contribution in [0, 0.1) is 0 Å². The number of nitrogens with one attached hydrogen (secondary N) is 1. The van der Waals surface area contributed by atoms with E-state index in [0.29, 0.717) is 12.0 Å². The van der Waals surface area contributed by atoms with Crippen LogP contribution in [0.1, 0.15) is 54.9 Å². The summed E-state index contributed by atoms with van der Waals surface area (Å²) in [5.74, 6) is 0.463. The van der Waals surface area contributed by atoms with Gasteiger partial charge >= 0.3 is 0 Å². The summed E-state index contributed by atoms with van der Waals surface area (Å²) in [7, 11) is 0. The number of hydrogen-bond acceptors (Lipinski definition) is 3. The average molecular weight is 386 g/mol. The summed E-state index contributed by atoms with van der Waals surface area (Å²) in [6.07, 6.45) is 2.51. The predicted octanol–water partition coefficient (Wildman–Crippen LogP) is 5.52. The first kappa shape index (κ1) is 15.5. The molecule has 0 radical (unpaired) electrons. The number of benzene rings is 1. The van der Waals surface area contributed by atoms with E-state index in [2.05, 4.69) is 46.5 Å². The molecule has 1 N–H and O–H groups in total. The van der Waals surface area contributed by atoms with Gasteiger partial charge in [-0.3, -0.25) is 0 Å². The fraction of sp³-hybridized carbons (Fsp3) is 0.438. The van der Waals surface area contributed by atoms with Crippen LogP contribution < -0.4 is 5.32 Å². The highest BCUT2D eigenvalue weighted by Crippen LogP contribution is 2.34. The van der Waals surface area contributed by atoms with Crippen LogP contribution in [-0.4, -0.2) is 11.0 Å². The van der Waals surface area contributed by atoms with E-state index in [4.69, 9.17) is 16.6 Å². The molecule has 5 heteroatoms. The summed E-state index contributed by atoms with van der Waals surface area (Å²) in [5.41, 5.74) is 2.35. The molecule has 1 saturated carbocycles. The van der Waals surface area contributed by atoms with Gasteiger partial charge in [0.05, 0.1) is 16.8 Å². The summed E-state index contributed by atoms with van der Waals surface area (Å²) in [6, 6.07) is 6.91. The molecule has 1 aromatic carbocycles. The van der Waals surface area contributed by atoms with E-state index in [1.54, 1.807) is 11.3 Å². The fourth-order valence-electron chi connectivity index (χ4n) is 2.19. The van der Waals surface area contributed by atoms with E-state index < -0.39 is 0 Å². The first-order chi connectivity index (χ1) is 10.0. The molecule has 0 spiro atoms. The molecule has 0 amide bonds. The maximum Gasteiger partial charge on any atom is 0.114 e. The van der Waals surface area contributed by atoms with Crippen LogP contribution in [0.3, 0.4) is 0 Å². The Morgan fingerprint density at radius 1 is 1.38 bits per heavy atom. The van der Waals surface area contributed by atoms with Crippen molar-refractivity contribution in [2.45, 2.75) is 44.7 Å². The molecule has 2 nitrogen and oxygen atoms in total. The monoisotopic (exact) mass is 384 g/mol. The molecule has 1 fully saturated rings. The van der Waals surface area contributed by atoms with E-state index in [1.165, 1.54) is 24.1 Å². The van der Waals surface area contributed by atoms with Crippen molar-refractivity contribution in [3.8, 4) is 0 Å². The van der Waals surface area contributed by atoms with Crippen molar-refractivity contribution in [2.75, 3.05) is 0 Å². The van der Waals surface area contributed by atoms with Crippen LogP contribution in [0.2, 0.25) is 5.02 Å². The standard InChI is InChI=1S/C16H18BrClN2S/c1-9(2)14-8-21-16(20-14)15(19-11-4-5-11)10-3-6-12(17)13(18)7-10/h3,6-9,11,15,19H,4-5H2,1-2H3. The molecule has 2 aromatic rings. The maximum absolute atomic E-state index is 6.26. The number of hydrogen-bond donors (Lipinski definition) is 1. The Morgan fingerprint density at radius 3 is 2.71 bits per heavy atom. The van der Waals surface area contributed by atoms with Crippen molar-refractivity contribution in [3.63, 3.8) is 0 Å². The molecule has 0 bridgehead atoms. The van der Waals surface area contributed by atoms with E-state index in [9.17, 15) is 0 Å². The van der Waals surface area contributed by atoms with Crippen LogP contribution in [0.15, 0.2) is 28.1 Å². The van der Waals surface area contributed by atoms with Gasteiger partial charge in [-0.15, -0.1) is 11.3 Å². The molecule has 1 aliphatic carbocycles. The molecular formula is C16H18BrClN2S. The Kier molecular flexibility index (Phi) is 4.69. The Morgan fingerprint density at radius 2 is 2.14 bits per heavy atom. The summed E-state index contributed by atoms with van der Waals surface area (Å²) < 4.78 is 0.931. The van der Waals surface area contributed by atoms with Crippen LogP contribution in [-0.2, 0) is 0 Å². The van der Waals surface area contributed by atoms with Gasteiger partial charge in [0.2, 0.25) is 0 Å². The summed E-state index contributed by atoms with van der Waals surface area (Å²) >= 11 is 11.4. The fourth-order valence-corrected chi connectivity index (χ4v) is 3.69. The Hall–Kier alpha value is -0.420. The molecule has 1 aromatic heterocycles. The third-order valence-electron chi connectivity index (χ3n) is 3.63. The van der Waals surface area contributed by atoms with Gasteiger partial charge in [0.1, 0.15) is 5.01 Å². The van der Waals surface area contributed by atoms with Crippen LogP contribution in [0.25, 0.3) is 0 Å². The number of aromatic nitrogens is 1. The molecule has 1 heterocycles. The molecule has 112 valence electrons. The van der Waals surface area contributed by atoms with Gasteiger partial charge in [0.25, 0.3) is 0 Å². The highest BCUT2D eigenvalue weighted by atomic mass is 79.9. The topological polar surface area (TPSA) is 24.9 Å². The zero-order valence-corrected chi connectivity index (χ0v) is 15.2. The summed E-state index contributed by atoms with van der Waals surface area (Å²) in [6.45, 7) is 4.36. The lowest BCUT2D eigenvalue weighted by Crippen LogP contribution is -2.24. The van der Waals surface area contributed by atoms with Crippen LogP contribution in [0.5, 0.6) is 0 Å². The van der Waals surface area contributed by atoms with Crippen molar-refractivity contribution < 1.29 is 0 Å². The Labute approximate surface area is 143 Å². The van der Waals surface area contributed by atoms with Crippen molar-refractivity contribution in [3.05, 3.63) is 49.3 Å². The van der Waals surface area contributed by atoms with Crippen molar-refractivity contribution in [2.24, 2.45) is 0 Å². The lowest BCUT2D eigenvalue weighted by atomic mass is 10.1. The van der Waals surface area contributed by atoms with E-state index in [-0.39, 0.29) is 6.04 Å². The smallest absolute Gasteiger partial charge is 0.114 e. The van der Waals surface area contributed by atoms with Gasteiger partial charge < -0.3 is 5.32 Å². The van der Waals surface area contributed by atoms with Crippen molar-refractivity contribution in [1.29, 1.82) is 0 Å². The maximum atomic E-state index is 6.26. The first-order valence-electron chi connectivity index (χ1n) is 7.21. The third kappa shape index (κ3) is 3.67. The van der Waals surface area contributed by atoms with Gasteiger partial charge in [0, 0.05) is 15.9 Å². The lowest BCUT2D eigenvalue weighted by molar-refractivity contribution is 0.595. The van der Waals surface area contributed by atoms with E-state index >= 15 is 0 Å². The van der Waals surface area contributed by atoms with Crippen molar-refractivity contribution in [1.82, 2.24) is 10.3 Å². The Bertz CT molecular complexity index is 637. The van der Waals surface area contributed by atoms with Crippen LogP contribution >= 0.6 is 38.9 Å². The zero-order valence-electron chi connectivity index (χ0n) is 12.1. The normalized spacial score (nSPS) is 16.4. The molecule has 21 heavy (non-hydrogen) atoms. The molecule has 1 aliphatic rings. The molecule has 1 atom stereocenters. The first-order valence-corrected chi connectivity index (χ1v) is 9.26. The SMILES string of the molecule is CC(C)c1csc(C(NC2CC2)c2ccc(Br)c(Cl)c2)n1. The molecule has 3 rings (SSSR count). The molecule has 1 unspecified atom stereocenters. The summed E-state index contributed by atoms with van der Waals surface area (Å²) in [5, 5.41) is 7.74. The predicted molar refractivity (Wildman–Crippen MR) is 93.4 cm³/mol. The minimum Gasteiger partial charge on any atom is -0.301 e. The zero-order chi connectivity index (χ0) is 15.0. The molecule has 0 saturated heterocycles. The second-order valence-electron chi connectivity index (χ2n) is 5.81. The number of halogens is 2. The minimum atomic E-state index is 0.139. The highest BCUT2D eigenvalue weighted by molar-refractivity contribution is 9.10. The van der Waals surface area contributed by atoms with Gasteiger partial charge in [-0.2, -0.15) is 0 Å². The number of rotatable bonds is 5. The van der Waals surface area contributed by atoms with E-state index in [1.807, 2.05) is 12.1 Å². The quantitative estimate of drug-likeness (QED) is 0.732. The second kappa shape index (κ2) is 6.37. The largest absolute Gasteiger partial charge is 0.301 e. The average Bonchev–Trinajstić information content (AvgIpc) is 3.13. The lowest BCUT2D eigenvalue weighted by Gasteiger charge is -2.17. The molecule has 0 aliphatic heterocycles. The van der Waals surface area contributed by atoms with Gasteiger partial charge in [-0.1, -0.05) is 31.5 Å². The number of nitrogens with zero attached hydrogens (tertiary/aromatic N) is 1. The highest BCUT2D eigenvalue weighted by Gasteiger charge is 2.28. The second-order valence-corrected chi connectivity index (χ2v) is 7.96. The van der Waals surface area contributed by atoms with Crippen LogP contribution in [0.4, 0.5) is 0 Å². The molecular weight excluding hydrogens is 368 g/mol. The van der Waals surface area contributed by atoms with Gasteiger partial charge in [0.15, 0.2) is 0 Å². The number of thiazole rings is 1. The van der Waals surface area contributed by atoms with Gasteiger partial charge in [-0.05, 0) is 52.4 Å². The van der Waals surface area contributed by atoms with Gasteiger partial charge in [-0.25, -0.2) is 4.98 Å². The third-order valence-corrected chi connectivity index (χ3v) is 5.80. The minimum absolute atomic E-state index is 0.139. The summed E-state index contributed by atoms with van der Waals surface area (Å²) in [4.78, 5) is 4.82.